The monoisotopic (exact) mass is 303 g/mol. The highest BCUT2D eigenvalue weighted by Gasteiger charge is 2.30. The lowest BCUT2D eigenvalue weighted by molar-refractivity contribution is -0.274. The van der Waals surface area contributed by atoms with Crippen LogP contribution >= 0.6 is 0 Å². The summed E-state index contributed by atoms with van der Waals surface area (Å²) >= 11 is 0. The number of nitrogens with one attached hydrogen (secondary N) is 1. The maximum absolute atomic E-state index is 12.0. The quantitative estimate of drug-likeness (QED) is 0.814. The molecular weight excluding hydrogens is 283 g/mol. The summed E-state index contributed by atoms with van der Waals surface area (Å²) in [5.41, 5.74) is 0.834. The van der Waals surface area contributed by atoms with Gasteiger partial charge in [0.2, 0.25) is 0 Å². The van der Waals surface area contributed by atoms with Gasteiger partial charge < -0.3 is 14.8 Å². The summed E-state index contributed by atoms with van der Waals surface area (Å²) < 4.78 is 45.4. The van der Waals surface area contributed by atoms with E-state index in [1.54, 1.807) is 12.1 Å². The van der Waals surface area contributed by atoms with Crippen molar-refractivity contribution in [3.63, 3.8) is 0 Å². The molecule has 21 heavy (non-hydrogen) atoms. The van der Waals surface area contributed by atoms with Crippen molar-refractivity contribution in [3.05, 3.63) is 29.8 Å². The molecule has 0 spiro atoms. The fraction of sp³-hybridized carbons (Fsp3) is 0.600. The first kappa shape index (κ1) is 16.1. The molecule has 0 aliphatic carbocycles. The number of hydrogen-bond acceptors (Lipinski definition) is 3. The highest BCUT2D eigenvalue weighted by molar-refractivity contribution is 5.27. The first-order valence-electron chi connectivity index (χ1n) is 7.19. The minimum absolute atomic E-state index is 0.211. The summed E-state index contributed by atoms with van der Waals surface area (Å²) in [6.45, 7) is 2.13. The first-order valence-corrected chi connectivity index (χ1v) is 7.19. The van der Waals surface area contributed by atoms with Gasteiger partial charge in [-0.3, -0.25) is 0 Å². The molecule has 6 heteroatoms. The third kappa shape index (κ3) is 6.35. The molecule has 118 valence electrons. The van der Waals surface area contributed by atoms with E-state index in [4.69, 9.17) is 4.74 Å². The van der Waals surface area contributed by atoms with Gasteiger partial charge in [0.1, 0.15) is 5.75 Å². The molecule has 3 nitrogen and oxygen atoms in total. The predicted octanol–water partition coefficient (Wildman–Crippen LogP) is 3.63. The van der Waals surface area contributed by atoms with Crippen molar-refractivity contribution in [2.45, 2.75) is 44.7 Å². The Bertz CT molecular complexity index is 414. The summed E-state index contributed by atoms with van der Waals surface area (Å²) in [4.78, 5) is 0. The van der Waals surface area contributed by atoms with E-state index in [1.807, 2.05) is 0 Å². The second-order valence-corrected chi connectivity index (χ2v) is 5.18. The molecule has 1 heterocycles. The molecule has 0 amide bonds. The standard InChI is InChI=1S/C15H20F3NO2/c16-15(17,18)21-14-6-4-12(5-7-14)11-20-10-8-13-3-1-2-9-19-13/h4-7,13,19H,1-3,8-11H2. The second kappa shape index (κ2) is 7.66. The lowest BCUT2D eigenvalue weighted by Gasteiger charge is -2.23. The van der Waals surface area contributed by atoms with Crippen molar-refractivity contribution in [3.8, 4) is 5.75 Å². The van der Waals surface area contributed by atoms with Gasteiger partial charge in [-0.2, -0.15) is 0 Å². The van der Waals surface area contributed by atoms with E-state index in [-0.39, 0.29) is 5.75 Å². The second-order valence-electron chi connectivity index (χ2n) is 5.18. The zero-order chi connectivity index (χ0) is 15.1. The highest BCUT2D eigenvalue weighted by atomic mass is 19.4. The van der Waals surface area contributed by atoms with Crippen molar-refractivity contribution < 1.29 is 22.6 Å². The fourth-order valence-corrected chi connectivity index (χ4v) is 2.37. The number of alkyl halides is 3. The topological polar surface area (TPSA) is 30.5 Å². The van der Waals surface area contributed by atoms with Crippen LogP contribution in [0.3, 0.4) is 0 Å². The summed E-state index contributed by atoms with van der Waals surface area (Å²) in [7, 11) is 0. The normalized spacial score (nSPS) is 19.5. The van der Waals surface area contributed by atoms with Gasteiger partial charge in [-0.05, 0) is 43.5 Å². The maximum Gasteiger partial charge on any atom is 0.573 e. The number of halogens is 3. The number of benzene rings is 1. The van der Waals surface area contributed by atoms with Gasteiger partial charge in [0, 0.05) is 12.6 Å². The molecule has 0 radical (unpaired) electrons. The van der Waals surface area contributed by atoms with Crippen LogP contribution in [0, 0.1) is 0 Å². The molecule has 1 aliphatic heterocycles. The van der Waals surface area contributed by atoms with Gasteiger partial charge >= 0.3 is 6.36 Å². The third-order valence-electron chi connectivity index (χ3n) is 3.45. The Balaban J connectivity index is 1.66. The van der Waals surface area contributed by atoms with Crippen LogP contribution in [0.15, 0.2) is 24.3 Å². The van der Waals surface area contributed by atoms with Crippen LogP contribution in [0.1, 0.15) is 31.2 Å². The molecule has 1 aromatic rings. The van der Waals surface area contributed by atoms with Crippen LogP contribution in [-0.2, 0) is 11.3 Å². The molecule has 1 atom stereocenters. The molecule has 1 saturated heterocycles. The molecule has 2 rings (SSSR count). The van der Waals surface area contributed by atoms with E-state index in [1.165, 1.54) is 31.4 Å². The minimum atomic E-state index is -4.65. The van der Waals surface area contributed by atoms with E-state index in [0.717, 1.165) is 18.5 Å². The highest BCUT2D eigenvalue weighted by Crippen LogP contribution is 2.22. The largest absolute Gasteiger partial charge is 0.573 e. The molecule has 1 aromatic carbocycles. The molecular formula is C15H20F3NO2. The Hall–Kier alpha value is -1.27. The Labute approximate surface area is 122 Å². The Kier molecular flexibility index (Phi) is 5.87. The van der Waals surface area contributed by atoms with Crippen molar-refractivity contribution in [2.24, 2.45) is 0 Å². The van der Waals surface area contributed by atoms with Gasteiger partial charge in [0.25, 0.3) is 0 Å². The minimum Gasteiger partial charge on any atom is -0.406 e. The zero-order valence-electron chi connectivity index (χ0n) is 11.8. The summed E-state index contributed by atoms with van der Waals surface area (Å²) in [5, 5.41) is 3.44. The van der Waals surface area contributed by atoms with Crippen LogP contribution in [0.4, 0.5) is 13.2 Å². The first-order chi connectivity index (χ1) is 10.0. The Morgan fingerprint density at radius 1 is 1.14 bits per heavy atom. The molecule has 1 fully saturated rings. The number of piperidine rings is 1. The SMILES string of the molecule is FC(F)(F)Oc1ccc(COCCC2CCCCN2)cc1. The maximum atomic E-state index is 12.0. The van der Waals surface area contributed by atoms with Crippen molar-refractivity contribution in [1.82, 2.24) is 5.32 Å². The van der Waals surface area contributed by atoms with Crippen LogP contribution < -0.4 is 10.1 Å². The molecule has 1 aliphatic rings. The van der Waals surface area contributed by atoms with E-state index < -0.39 is 6.36 Å². The molecule has 0 aromatic heterocycles. The van der Waals surface area contributed by atoms with Crippen LogP contribution in [-0.4, -0.2) is 25.6 Å². The predicted molar refractivity (Wildman–Crippen MR) is 73.0 cm³/mol. The van der Waals surface area contributed by atoms with Crippen LogP contribution in [0.25, 0.3) is 0 Å². The lowest BCUT2D eigenvalue weighted by Crippen LogP contribution is -2.34. The van der Waals surface area contributed by atoms with E-state index in [9.17, 15) is 13.2 Å². The van der Waals surface area contributed by atoms with Crippen molar-refractivity contribution in [2.75, 3.05) is 13.2 Å². The average Bonchev–Trinajstić information content (AvgIpc) is 2.45. The van der Waals surface area contributed by atoms with Crippen molar-refractivity contribution >= 4 is 0 Å². The lowest BCUT2D eigenvalue weighted by atomic mass is 10.0. The fourth-order valence-electron chi connectivity index (χ4n) is 2.37. The molecule has 1 unspecified atom stereocenters. The molecule has 0 saturated carbocycles. The van der Waals surface area contributed by atoms with Crippen molar-refractivity contribution in [1.29, 1.82) is 0 Å². The summed E-state index contributed by atoms with van der Waals surface area (Å²) in [6, 6.07) is 6.30. The molecule has 0 bridgehead atoms. The Morgan fingerprint density at radius 2 is 1.90 bits per heavy atom. The van der Waals surface area contributed by atoms with Crippen LogP contribution in [0.2, 0.25) is 0 Å². The van der Waals surface area contributed by atoms with E-state index in [2.05, 4.69) is 10.1 Å². The average molecular weight is 303 g/mol. The van der Waals surface area contributed by atoms with Gasteiger partial charge in [-0.25, -0.2) is 0 Å². The zero-order valence-corrected chi connectivity index (χ0v) is 11.8. The van der Waals surface area contributed by atoms with Gasteiger partial charge in [0.05, 0.1) is 6.61 Å². The number of hydrogen-bond donors (Lipinski definition) is 1. The van der Waals surface area contributed by atoms with Gasteiger partial charge in [-0.15, -0.1) is 13.2 Å². The van der Waals surface area contributed by atoms with E-state index >= 15 is 0 Å². The smallest absolute Gasteiger partial charge is 0.406 e. The van der Waals surface area contributed by atoms with Gasteiger partial charge in [0.15, 0.2) is 0 Å². The summed E-state index contributed by atoms with van der Waals surface area (Å²) in [5.74, 6) is -0.211. The van der Waals surface area contributed by atoms with E-state index in [0.29, 0.717) is 19.3 Å². The number of ether oxygens (including phenoxy) is 2. The number of rotatable bonds is 6. The third-order valence-corrected chi connectivity index (χ3v) is 3.45. The van der Waals surface area contributed by atoms with Gasteiger partial charge in [-0.1, -0.05) is 18.6 Å². The summed E-state index contributed by atoms with van der Waals surface area (Å²) in [6.07, 6.45) is 0.00908. The molecule has 1 N–H and O–H groups in total. The van der Waals surface area contributed by atoms with Crippen LogP contribution in [0.5, 0.6) is 5.75 Å². The Morgan fingerprint density at radius 3 is 2.52 bits per heavy atom.